The standard InChI is InChI=1S/C29H27N5O8/c1-5-40-28(37)23-22(17-8-7-9-18(12-17)34(38)39)20(13-30)27(36)33(26(23)31)32-14-21-24(35)19-11-15(3)10-16(4)25(19)42-29(21)41-6-2/h7-12,14,29,32H,5-6,31H2,1-4H3/b21-14+. The molecule has 2 heterocycles. The summed E-state index contributed by atoms with van der Waals surface area (Å²) in [5, 5.41) is 21.4. The molecule has 1 unspecified atom stereocenters. The van der Waals surface area contributed by atoms with Crippen molar-refractivity contribution in [3.63, 3.8) is 0 Å². The largest absolute Gasteiger partial charge is 0.462 e. The molecule has 2 aromatic carbocycles. The van der Waals surface area contributed by atoms with Crippen molar-refractivity contribution >= 4 is 23.3 Å². The number of carbonyl (C=O) groups excluding carboxylic acids is 2. The van der Waals surface area contributed by atoms with E-state index in [1.54, 1.807) is 32.9 Å². The van der Waals surface area contributed by atoms with Gasteiger partial charge in [-0.15, -0.1) is 0 Å². The SMILES string of the molecule is CCOC(=O)c1c(-c2cccc([N+](=O)[O-])c2)c(C#N)c(=O)n(N/C=C2\C(=O)c3cc(C)cc(C)c3OC2OCC)c1N. The molecule has 0 saturated heterocycles. The van der Waals surface area contributed by atoms with Gasteiger partial charge in [0, 0.05) is 30.5 Å². The van der Waals surface area contributed by atoms with Crippen LogP contribution >= 0.6 is 0 Å². The average molecular weight is 574 g/mol. The maximum atomic E-state index is 13.6. The van der Waals surface area contributed by atoms with Crippen molar-refractivity contribution in [2.45, 2.75) is 34.0 Å². The minimum Gasteiger partial charge on any atom is -0.462 e. The number of nitrogen functional groups attached to an aromatic ring is 1. The van der Waals surface area contributed by atoms with Crippen LogP contribution in [0, 0.1) is 35.3 Å². The first-order valence-corrected chi connectivity index (χ1v) is 12.8. The molecular formula is C29H27N5O8. The van der Waals surface area contributed by atoms with Crippen LogP contribution in [0.5, 0.6) is 5.75 Å². The number of aryl methyl sites for hydroxylation is 2. The number of non-ortho nitro benzene ring substituents is 1. The number of hydrogen-bond acceptors (Lipinski definition) is 11. The summed E-state index contributed by atoms with van der Waals surface area (Å²) in [5.74, 6) is -1.49. The van der Waals surface area contributed by atoms with Gasteiger partial charge in [0.1, 0.15) is 28.8 Å². The molecule has 1 aliphatic rings. The Morgan fingerprint density at radius 3 is 2.62 bits per heavy atom. The monoisotopic (exact) mass is 573 g/mol. The summed E-state index contributed by atoms with van der Waals surface area (Å²) in [7, 11) is 0. The van der Waals surface area contributed by atoms with Crippen molar-refractivity contribution in [3.05, 3.63) is 96.5 Å². The van der Waals surface area contributed by atoms with Crippen LogP contribution in [0.25, 0.3) is 11.1 Å². The number of nitro groups is 1. The minimum atomic E-state index is -1.13. The molecule has 0 spiro atoms. The number of ether oxygens (including phenoxy) is 3. The first-order valence-electron chi connectivity index (χ1n) is 12.8. The fourth-order valence-corrected chi connectivity index (χ4v) is 4.65. The van der Waals surface area contributed by atoms with Gasteiger partial charge in [-0.1, -0.05) is 18.2 Å². The Morgan fingerprint density at radius 2 is 1.98 bits per heavy atom. The van der Waals surface area contributed by atoms with E-state index < -0.39 is 39.9 Å². The lowest BCUT2D eigenvalue weighted by atomic mass is 9.95. The van der Waals surface area contributed by atoms with Gasteiger partial charge in [0.25, 0.3) is 11.2 Å². The van der Waals surface area contributed by atoms with Gasteiger partial charge >= 0.3 is 5.97 Å². The Balaban J connectivity index is 1.92. The van der Waals surface area contributed by atoms with Gasteiger partial charge in [-0.2, -0.15) is 5.26 Å². The van der Waals surface area contributed by atoms with Crippen molar-refractivity contribution < 1.29 is 28.7 Å². The molecule has 0 bridgehead atoms. The smallest absolute Gasteiger partial charge is 0.342 e. The molecule has 13 heteroatoms. The molecule has 1 aliphatic heterocycles. The third kappa shape index (κ3) is 5.30. The van der Waals surface area contributed by atoms with E-state index in [0.717, 1.165) is 23.4 Å². The summed E-state index contributed by atoms with van der Waals surface area (Å²) in [5.41, 5.74) is 8.39. The number of Topliss-reactive ketones (excluding diaryl/α,β-unsaturated/α-hetero) is 1. The number of nitrogens with two attached hydrogens (primary N) is 1. The number of ketones is 1. The number of pyridine rings is 1. The zero-order valence-electron chi connectivity index (χ0n) is 23.2. The number of benzene rings is 2. The van der Waals surface area contributed by atoms with E-state index in [2.05, 4.69) is 5.43 Å². The van der Waals surface area contributed by atoms with Crippen molar-refractivity contribution in [1.29, 1.82) is 5.26 Å². The maximum absolute atomic E-state index is 13.6. The van der Waals surface area contributed by atoms with Gasteiger partial charge in [0.15, 0.2) is 0 Å². The number of aromatic nitrogens is 1. The second-order valence-corrected chi connectivity index (χ2v) is 9.21. The van der Waals surface area contributed by atoms with Gasteiger partial charge in [-0.25, -0.2) is 9.47 Å². The number of rotatable bonds is 8. The van der Waals surface area contributed by atoms with Gasteiger partial charge in [-0.05, 0) is 50.5 Å². The average Bonchev–Trinajstić information content (AvgIpc) is 2.95. The molecule has 0 saturated carbocycles. The Kier molecular flexibility index (Phi) is 8.39. The summed E-state index contributed by atoms with van der Waals surface area (Å²) < 4.78 is 17.5. The number of carbonyl (C=O) groups is 2. The number of anilines is 1. The Morgan fingerprint density at radius 1 is 1.24 bits per heavy atom. The molecule has 0 radical (unpaired) electrons. The van der Waals surface area contributed by atoms with Crippen molar-refractivity contribution in [2.75, 3.05) is 24.4 Å². The van der Waals surface area contributed by atoms with E-state index in [0.29, 0.717) is 16.0 Å². The van der Waals surface area contributed by atoms with E-state index in [-0.39, 0.29) is 41.2 Å². The molecule has 13 nitrogen and oxygen atoms in total. The van der Waals surface area contributed by atoms with E-state index in [1.807, 2.05) is 13.0 Å². The molecule has 216 valence electrons. The van der Waals surface area contributed by atoms with Crippen molar-refractivity contribution in [1.82, 2.24) is 4.68 Å². The van der Waals surface area contributed by atoms with Crippen LogP contribution in [-0.4, -0.2) is 40.9 Å². The normalized spacial score (nSPS) is 15.0. The van der Waals surface area contributed by atoms with Gasteiger partial charge in [0.05, 0.1) is 22.7 Å². The first-order chi connectivity index (χ1) is 20.0. The molecule has 3 N–H and O–H groups in total. The highest BCUT2D eigenvalue weighted by molar-refractivity contribution is 6.12. The second-order valence-electron chi connectivity index (χ2n) is 9.21. The zero-order valence-corrected chi connectivity index (χ0v) is 23.2. The molecule has 1 atom stereocenters. The quantitative estimate of drug-likeness (QED) is 0.173. The zero-order chi connectivity index (χ0) is 30.7. The highest BCUT2D eigenvalue weighted by Crippen LogP contribution is 2.35. The molecule has 42 heavy (non-hydrogen) atoms. The minimum absolute atomic E-state index is 0.000368. The van der Waals surface area contributed by atoms with Gasteiger partial charge < -0.3 is 19.9 Å². The predicted molar refractivity (Wildman–Crippen MR) is 152 cm³/mol. The van der Waals surface area contributed by atoms with Crippen LogP contribution in [0.1, 0.15) is 51.3 Å². The topological polar surface area (TPSA) is 189 Å². The fourth-order valence-electron chi connectivity index (χ4n) is 4.65. The third-order valence-electron chi connectivity index (χ3n) is 6.42. The predicted octanol–water partition coefficient (Wildman–Crippen LogP) is 3.74. The Bertz CT molecular complexity index is 1750. The maximum Gasteiger partial charge on any atom is 0.342 e. The molecule has 0 aliphatic carbocycles. The lowest BCUT2D eigenvalue weighted by molar-refractivity contribution is -0.384. The van der Waals surface area contributed by atoms with E-state index in [4.69, 9.17) is 19.9 Å². The van der Waals surface area contributed by atoms with Crippen LogP contribution in [-0.2, 0) is 9.47 Å². The van der Waals surface area contributed by atoms with Crippen LogP contribution in [0.3, 0.4) is 0 Å². The Labute approximate surface area is 239 Å². The van der Waals surface area contributed by atoms with Crippen LogP contribution in [0.2, 0.25) is 0 Å². The number of fused-ring (bicyclic) bond motifs is 1. The summed E-state index contributed by atoms with van der Waals surface area (Å²) in [6, 6.07) is 10.4. The molecule has 0 amide bonds. The molecule has 3 aromatic rings. The number of nitrogens with zero attached hydrogens (tertiary/aromatic N) is 3. The third-order valence-corrected chi connectivity index (χ3v) is 6.42. The van der Waals surface area contributed by atoms with E-state index >= 15 is 0 Å². The molecular weight excluding hydrogens is 546 g/mol. The van der Waals surface area contributed by atoms with Crippen LogP contribution in [0.4, 0.5) is 11.5 Å². The number of esters is 1. The summed E-state index contributed by atoms with van der Waals surface area (Å²) in [6.45, 7) is 7.04. The summed E-state index contributed by atoms with van der Waals surface area (Å²) >= 11 is 0. The fraction of sp³-hybridized carbons (Fsp3) is 0.241. The lowest BCUT2D eigenvalue weighted by Crippen LogP contribution is -2.37. The van der Waals surface area contributed by atoms with Crippen molar-refractivity contribution in [3.8, 4) is 22.9 Å². The van der Waals surface area contributed by atoms with Crippen molar-refractivity contribution in [2.24, 2.45) is 0 Å². The molecule has 4 rings (SSSR count). The first kappa shape index (κ1) is 29.5. The van der Waals surface area contributed by atoms with E-state index in [9.17, 15) is 29.8 Å². The summed E-state index contributed by atoms with van der Waals surface area (Å²) in [4.78, 5) is 50.9. The van der Waals surface area contributed by atoms with Crippen LogP contribution < -0.4 is 21.5 Å². The number of nitriles is 1. The summed E-state index contributed by atoms with van der Waals surface area (Å²) in [6.07, 6.45) is 0.0226. The highest BCUT2D eigenvalue weighted by Gasteiger charge is 2.34. The Hall–Kier alpha value is -5.48. The number of hydrogen-bond donors (Lipinski definition) is 2. The number of nitro benzene ring substituents is 1. The lowest BCUT2D eigenvalue weighted by Gasteiger charge is -2.29. The molecule has 1 aromatic heterocycles. The highest BCUT2D eigenvalue weighted by atomic mass is 16.7. The van der Waals surface area contributed by atoms with Crippen LogP contribution in [0.15, 0.2) is 53.0 Å². The van der Waals surface area contributed by atoms with E-state index in [1.165, 1.54) is 18.2 Å². The van der Waals surface area contributed by atoms with Gasteiger partial charge in [0.2, 0.25) is 12.1 Å². The number of nitrogens with one attached hydrogen (secondary N) is 1. The van der Waals surface area contributed by atoms with Gasteiger partial charge in [-0.3, -0.25) is 25.1 Å². The molecule has 0 fully saturated rings. The second kappa shape index (κ2) is 11.9.